The minimum Gasteiger partial charge on any atom is -0.487 e. The smallest absolute Gasteiger partial charge is 0.132 e. The van der Waals surface area contributed by atoms with Crippen LogP contribution in [0, 0.1) is 0 Å². The Morgan fingerprint density at radius 3 is 2.88 bits per heavy atom. The van der Waals surface area contributed by atoms with Crippen LogP contribution in [0.2, 0.25) is 0 Å². The Balaban J connectivity index is 2.04. The van der Waals surface area contributed by atoms with Crippen LogP contribution >= 0.6 is 27.5 Å². The van der Waals surface area contributed by atoms with Gasteiger partial charge in [-0.1, -0.05) is 15.9 Å². The van der Waals surface area contributed by atoms with Crippen molar-refractivity contribution in [2.45, 2.75) is 12.5 Å². The molecule has 1 heterocycles. The Morgan fingerprint density at radius 1 is 1.41 bits per heavy atom. The molecule has 90 valence electrons. The van der Waals surface area contributed by atoms with E-state index < -0.39 is 0 Å². The van der Waals surface area contributed by atoms with E-state index in [9.17, 15) is 0 Å². The molecular weight excluding hydrogens is 304 g/mol. The number of nitrogens with zero attached hydrogens (tertiary/aromatic N) is 2. The quantitative estimate of drug-likeness (QED) is 0.808. The SMILES string of the molecule is Cn1ccc(COc2ccc(Br)c(CCl)c2)n1. The van der Waals surface area contributed by atoms with Crippen LogP contribution in [-0.2, 0) is 19.5 Å². The lowest BCUT2D eigenvalue weighted by molar-refractivity contribution is 0.300. The van der Waals surface area contributed by atoms with Crippen LogP contribution in [0.15, 0.2) is 34.9 Å². The van der Waals surface area contributed by atoms with Crippen LogP contribution in [0.5, 0.6) is 5.75 Å². The number of alkyl halides is 1. The van der Waals surface area contributed by atoms with Gasteiger partial charge in [0, 0.05) is 23.6 Å². The van der Waals surface area contributed by atoms with Crippen LogP contribution < -0.4 is 4.74 Å². The van der Waals surface area contributed by atoms with Crippen molar-refractivity contribution in [1.29, 1.82) is 0 Å². The van der Waals surface area contributed by atoms with Gasteiger partial charge in [-0.25, -0.2) is 0 Å². The average Bonchev–Trinajstić information content (AvgIpc) is 2.74. The van der Waals surface area contributed by atoms with Gasteiger partial charge in [0.1, 0.15) is 12.4 Å². The zero-order chi connectivity index (χ0) is 12.3. The lowest BCUT2D eigenvalue weighted by atomic mass is 10.2. The average molecular weight is 316 g/mol. The van der Waals surface area contributed by atoms with Gasteiger partial charge in [-0.3, -0.25) is 4.68 Å². The molecule has 1 aromatic heterocycles. The van der Waals surface area contributed by atoms with Crippen LogP contribution in [0.25, 0.3) is 0 Å². The Bertz CT molecular complexity index is 513. The number of aromatic nitrogens is 2. The molecule has 2 aromatic rings. The molecule has 1 aromatic carbocycles. The van der Waals surface area contributed by atoms with E-state index >= 15 is 0 Å². The van der Waals surface area contributed by atoms with E-state index in [1.165, 1.54) is 0 Å². The molecule has 17 heavy (non-hydrogen) atoms. The molecule has 2 rings (SSSR count). The first-order valence-corrected chi connectivity index (χ1v) is 6.47. The van der Waals surface area contributed by atoms with Crippen molar-refractivity contribution in [3.8, 4) is 5.75 Å². The van der Waals surface area contributed by atoms with Gasteiger partial charge < -0.3 is 4.74 Å². The van der Waals surface area contributed by atoms with E-state index in [0.29, 0.717) is 12.5 Å². The molecule has 0 aliphatic heterocycles. The van der Waals surface area contributed by atoms with Crippen LogP contribution in [0.4, 0.5) is 0 Å². The maximum atomic E-state index is 5.82. The fraction of sp³-hybridized carbons (Fsp3) is 0.250. The number of halogens is 2. The van der Waals surface area contributed by atoms with E-state index in [1.54, 1.807) is 4.68 Å². The third-order valence-electron chi connectivity index (χ3n) is 2.32. The molecule has 0 aliphatic rings. The van der Waals surface area contributed by atoms with E-state index in [4.69, 9.17) is 16.3 Å². The molecule has 0 saturated carbocycles. The lowest BCUT2D eigenvalue weighted by Gasteiger charge is -2.07. The molecule has 0 atom stereocenters. The number of rotatable bonds is 4. The maximum absolute atomic E-state index is 5.82. The third-order valence-corrected chi connectivity index (χ3v) is 3.38. The van der Waals surface area contributed by atoms with Crippen molar-refractivity contribution in [2.75, 3.05) is 0 Å². The topological polar surface area (TPSA) is 27.1 Å². The number of hydrogen-bond donors (Lipinski definition) is 0. The van der Waals surface area contributed by atoms with Crippen LogP contribution in [0.3, 0.4) is 0 Å². The summed E-state index contributed by atoms with van der Waals surface area (Å²) in [6.07, 6.45) is 1.89. The molecule has 5 heteroatoms. The highest BCUT2D eigenvalue weighted by atomic mass is 79.9. The summed E-state index contributed by atoms with van der Waals surface area (Å²) < 4.78 is 8.40. The van der Waals surface area contributed by atoms with Crippen molar-refractivity contribution < 1.29 is 4.74 Å². The van der Waals surface area contributed by atoms with E-state index in [1.807, 2.05) is 37.5 Å². The summed E-state index contributed by atoms with van der Waals surface area (Å²) in [4.78, 5) is 0. The number of aryl methyl sites for hydroxylation is 1. The maximum Gasteiger partial charge on any atom is 0.132 e. The Hall–Kier alpha value is -1.00. The van der Waals surface area contributed by atoms with Gasteiger partial charge >= 0.3 is 0 Å². The summed E-state index contributed by atoms with van der Waals surface area (Å²) >= 11 is 9.26. The molecule has 0 spiro atoms. The van der Waals surface area contributed by atoms with E-state index in [-0.39, 0.29) is 0 Å². The molecule has 0 radical (unpaired) electrons. The minimum atomic E-state index is 0.460. The van der Waals surface area contributed by atoms with Crippen molar-refractivity contribution in [3.63, 3.8) is 0 Å². The number of ether oxygens (including phenoxy) is 1. The molecule has 0 bridgehead atoms. The second-order valence-electron chi connectivity index (χ2n) is 3.66. The van der Waals surface area contributed by atoms with Gasteiger partial charge in [-0.2, -0.15) is 5.10 Å². The molecule has 0 fully saturated rings. The summed E-state index contributed by atoms with van der Waals surface area (Å²) in [6, 6.07) is 7.70. The third kappa shape index (κ3) is 3.23. The highest BCUT2D eigenvalue weighted by Crippen LogP contribution is 2.24. The Labute approximate surface area is 113 Å². The van der Waals surface area contributed by atoms with Gasteiger partial charge in [0.05, 0.1) is 5.69 Å². The summed E-state index contributed by atoms with van der Waals surface area (Å²) in [6.45, 7) is 0.462. The van der Waals surface area contributed by atoms with E-state index in [0.717, 1.165) is 21.5 Å². The standard InChI is InChI=1S/C12H12BrClN2O/c1-16-5-4-10(15-16)8-17-11-2-3-12(13)9(6-11)7-14/h2-6H,7-8H2,1H3. The molecular formula is C12H12BrClN2O. The van der Waals surface area contributed by atoms with E-state index in [2.05, 4.69) is 21.0 Å². The predicted molar refractivity (Wildman–Crippen MR) is 71.2 cm³/mol. The highest BCUT2D eigenvalue weighted by Gasteiger charge is 2.03. The number of benzene rings is 1. The molecule has 0 aliphatic carbocycles. The van der Waals surface area contributed by atoms with Gasteiger partial charge in [-0.05, 0) is 29.8 Å². The Kier molecular flexibility index (Phi) is 4.07. The number of hydrogen-bond acceptors (Lipinski definition) is 2. The summed E-state index contributed by atoms with van der Waals surface area (Å²) in [5.74, 6) is 1.26. The van der Waals surface area contributed by atoms with Gasteiger partial charge in [-0.15, -0.1) is 11.6 Å². The summed E-state index contributed by atoms with van der Waals surface area (Å²) in [7, 11) is 1.88. The minimum absolute atomic E-state index is 0.460. The van der Waals surface area contributed by atoms with Gasteiger partial charge in [0.25, 0.3) is 0 Å². The molecule has 0 N–H and O–H groups in total. The molecule has 3 nitrogen and oxygen atoms in total. The van der Waals surface area contributed by atoms with Gasteiger partial charge in [0.2, 0.25) is 0 Å². The molecule has 0 saturated heterocycles. The second-order valence-corrected chi connectivity index (χ2v) is 4.78. The lowest BCUT2D eigenvalue weighted by Crippen LogP contribution is -1.98. The zero-order valence-electron chi connectivity index (χ0n) is 9.36. The van der Waals surface area contributed by atoms with Crippen LogP contribution in [0.1, 0.15) is 11.3 Å². The fourth-order valence-electron chi connectivity index (χ4n) is 1.44. The zero-order valence-corrected chi connectivity index (χ0v) is 11.7. The Morgan fingerprint density at radius 2 is 2.24 bits per heavy atom. The first kappa shape index (κ1) is 12.5. The monoisotopic (exact) mass is 314 g/mol. The molecule has 0 amide bonds. The van der Waals surface area contributed by atoms with Crippen molar-refractivity contribution in [2.24, 2.45) is 7.05 Å². The summed E-state index contributed by atoms with van der Waals surface area (Å²) in [5.41, 5.74) is 1.92. The van der Waals surface area contributed by atoms with Gasteiger partial charge in [0.15, 0.2) is 0 Å². The predicted octanol–water partition coefficient (Wildman–Crippen LogP) is 3.50. The van der Waals surface area contributed by atoms with Crippen LogP contribution in [-0.4, -0.2) is 9.78 Å². The first-order chi connectivity index (χ1) is 8.19. The van der Waals surface area contributed by atoms with Crippen molar-refractivity contribution in [1.82, 2.24) is 9.78 Å². The highest BCUT2D eigenvalue weighted by molar-refractivity contribution is 9.10. The summed E-state index contributed by atoms with van der Waals surface area (Å²) in [5, 5.41) is 4.24. The normalized spacial score (nSPS) is 10.5. The molecule has 0 unspecified atom stereocenters. The van der Waals surface area contributed by atoms with Crippen molar-refractivity contribution >= 4 is 27.5 Å². The second kappa shape index (κ2) is 5.56. The largest absolute Gasteiger partial charge is 0.487 e. The fourth-order valence-corrected chi connectivity index (χ4v) is 2.21. The first-order valence-electron chi connectivity index (χ1n) is 5.15. The van der Waals surface area contributed by atoms with Crippen molar-refractivity contribution in [3.05, 3.63) is 46.2 Å².